The topological polar surface area (TPSA) is 44.8 Å². The van der Waals surface area contributed by atoms with E-state index in [0.29, 0.717) is 5.41 Å². The van der Waals surface area contributed by atoms with Crippen LogP contribution in [0.3, 0.4) is 0 Å². The Morgan fingerprint density at radius 2 is 2.06 bits per heavy atom. The van der Waals surface area contributed by atoms with Crippen molar-refractivity contribution >= 4 is 0 Å². The van der Waals surface area contributed by atoms with E-state index >= 15 is 0 Å². The van der Waals surface area contributed by atoms with E-state index in [-0.39, 0.29) is 0 Å². The molecule has 1 N–H and O–H groups in total. The van der Waals surface area contributed by atoms with Crippen molar-refractivity contribution in [1.82, 2.24) is 20.1 Å². The Hall–Kier alpha value is -0.900. The summed E-state index contributed by atoms with van der Waals surface area (Å²) in [6.45, 7) is 5.76. The number of piperidine rings is 1. The fourth-order valence-electron chi connectivity index (χ4n) is 3.55. The molecule has 4 nitrogen and oxygen atoms in total. The third kappa shape index (κ3) is 1.75. The van der Waals surface area contributed by atoms with Crippen LogP contribution < -0.4 is 0 Å². The van der Waals surface area contributed by atoms with Gasteiger partial charge in [-0.25, -0.2) is 4.98 Å². The van der Waals surface area contributed by atoms with Crippen LogP contribution in [-0.2, 0) is 6.54 Å². The van der Waals surface area contributed by atoms with Gasteiger partial charge in [0.2, 0.25) is 0 Å². The van der Waals surface area contributed by atoms with Gasteiger partial charge in [0.05, 0.1) is 6.54 Å². The van der Waals surface area contributed by atoms with Crippen LogP contribution in [0.15, 0.2) is 6.33 Å². The molecule has 2 saturated heterocycles. The zero-order valence-electron chi connectivity index (χ0n) is 10.1. The number of nitrogens with one attached hydrogen (secondary N) is 1. The Morgan fingerprint density at radius 1 is 1.38 bits per heavy atom. The lowest BCUT2D eigenvalue weighted by molar-refractivity contribution is 0.0545. The molecule has 2 atom stereocenters. The molecule has 1 aromatic rings. The first kappa shape index (κ1) is 10.3. The molecule has 3 rings (SSSR count). The molecule has 0 radical (unpaired) electrons. The number of nitrogens with zero attached hydrogens (tertiary/aromatic N) is 3. The highest BCUT2D eigenvalue weighted by Crippen LogP contribution is 2.45. The molecule has 0 saturated carbocycles. The molecule has 2 bridgehead atoms. The summed E-state index contributed by atoms with van der Waals surface area (Å²) in [7, 11) is 0. The van der Waals surface area contributed by atoms with Crippen molar-refractivity contribution in [2.24, 2.45) is 5.41 Å². The summed E-state index contributed by atoms with van der Waals surface area (Å²) in [4.78, 5) is 6.87. The zero-order chi connectivity index (χ0) is 11.2. The highest BCUT2D eigenvalue weighted by atomic mass is 15.3. The van der Waals surface area contributed by atoms with Gasteiger partial charge in [0.15, 0.2) is 0 Å². The fourth-order valence-corrected chi connectivity index (χ4v) is 3.55. The molecule has 2 unspecified atom stereocenters. The molecule has 0 aliphatic carbocycles. The van der Waals surface area contributed by atoms with Gasteiger partial charge in [-0.05, 0) is 31.1 Å². The summed E-state index contributed by atoms with van der Waals surface area (Å²) in [5, 5.41) is 6.90. The molecular weight excluding hydrogens is 200 g/mol. The van der Waals surface area contributed by atoms with Gasteiger partial charge >= 0.3 is 0 Å². The fraction of sp³-hybridized carbons (Fsp3) is 0.833. The minimum absolute atomic E-state index is 0.531. The van der Waals surface area contributed by atoms with E-state index < -0.39 is 0 Å². The normalized spacial score (nSPS) is 33.1. The van der Waals surface area contributed by atoms with Gasteiger partial charge in [-0.1, -0.05) is 13.8 Å². The first-order valence-electron chi connectivity index (χ1n) is 6.24. The van der Waals surface area contributed by atoms with Gasteiger partial charge in [-0.3, -0.25) is 10.00 Å². The second-order valence-corrected chi connectivity index (χ2v) is 6.06. The van der Waals surface area contributed by atoms with Crippen molar-refractivity contribution in [3.8, 4) is 0 Å². The molecule has 2 aliphatic rings. The van der Waals surface area contributed by atoms with Crippen LogP contribution in [0.25, 0.3) is 0 Å². The molecule has 0 spiro atoms. The van der Waals surface area contributed by atoms with Gasteiger partial charge in [0.1, 0.15) is 12.2 Å². The largest absolute Gasteiger partial charge is 0.290 e. The van der Waals surface area contributed by atoms with E-state index in [1.807, 2.05) is 0 Å². The second kappa shape index (κ2) is 3.55. The molecule has 0 aromatic carbocycles. The minimum Gasteiger partial charge on any atom is -0.290 e. The summed E-state index contributed by atoms with van der Waals surface area (Å²) < 4.78 is 0. The second-order valence-electron chi connectivity index (χ2n) is 6.06. The van der Waals surface area contributed by atoms with Gasteiger partial charge in [-0.2, -0.15) is 5.10 Å². The molecule has 4 heteroatoms. The lowest BCUT2D eigenvalue weighted by atomic mass is 9.78. The summed E-state index contributed by atoms with van der Waals surface area (Å²) in [6, 6.07) is 1.53. The van der Waals surface area contributed by atoms with Crippen LogP contribution in [0.4, 0.5) is 0 Å². The Morgan fingerprint density at radius 3 is 2.62 bits per heavy atom. The number of aromatic amines is 1. The maximum Gasteiger partial charge on any atom is 0.138 e. The van der Waals surface area contributed by atoms with Crippen molar-refractivity contribution in [3.63, 3.8) is 0 Å². The first-order chi connectivity index (χ1) is 7.64. The molecule has 16 heavy (non-hydrogen) atoms. The third-order valence-corrected chi connectivity index (χ3v) is 4.14. The lowest BCUT2D eigenvalue weighted by Gasteiger charge is -2.42. The van der Waals surface area contributed by atoms with E-state index in [0.717, 1.165) is 24.5 Å². The highest BCUT2D eigenvalue weighted by Gasteiger charge is 2.43. The Labute approximate surface area is 96.4 Å². The van der Waals surface area contributed by atoms with Gasteiger partial charge in [0, 0.05) is 12.1 Å². The Bertz CT molecular complexity index is 341. The first-order valence-corrected chi connectivity index (χ1v) is 6.24. The summed E-state index contributed by atoms with van der Waals surface area (Å²) in [5.41, 5.74) is 0.531. The predicted molar refractivity (Wildman–Crippen MR) is 61.8 cm³/mol. The van der Waals surface area contributed by atoms with E-state index in [1.165, 1.54) is 25.7 Å². The molecule has 88 valence electrons. The van der Waals surface area contributed by atoms with Crippen LogP contribution in [0, 0.1) is 5.41 Å². The molecule has 3 heterocycles. The summed E-state index contributed by atoms with van der Waals surface area (Å²) in [5.74, 6) is 1.01. The predicted octanol–water partition coefficient (Wildman–Crippen LogP) is 1.96. The molecule has 2 aliphatic heterocycles. The van der Waals surface area contributed by atoms with Crippen LogP contribution in [0.1, 0.15) is 45.4 Å². The number of H-pyrrole nitrogens is 1. The average molecular weight is 220 g/mol. The molecule has 2 fully saturated rings. The van der Waals surface area contributed by atoms with Crippen molar-refractivity contribution in [2.45, 2.75) is 58.2 Å². The minimum atomic E-state index is 0.531. The SMILES string of the molecule is CC1(C)CC2CCC(C1)N2Cc1ncn[nH]1. The number of hydrogen-bond donors (Lipinski definition) is 1. The van der Waals surface area contributed by atoms with Crippen molar-refractivity contribution < 1.29 is 0 Å². The maximum atomic E-state index is 4.24. The highest BCUT2D eigenvalue weighted by molar-refractivity contribution is 4.99. The molecular formula is C12H20N4. The molecule has 0 amide bonds. The monoisotopic (exact) mass is 220 g/mol. The van der Waals surface area contributed by atoms with Crippen LogP contribution in [-0.4, -0.2) is 32.2 Å². The third-order valence-electron chi connectivity index (χ3n) is 4.14. The van der Waals surface area contributed by atoms with Crippen molar-refractivity contribution in [1.29, 1.82) is 0 Å². The van der Waals surface area contributed by atoms with Crippen molar-refractivity contribution in [2.75, 3.05) is 0 Å². The van der Waals surface area contributed by atoms with Gasteiger partial charge in [0.25, 0.3) is 0 Å². The molecule has 1 aromatic heterocycles. The van der Waals surface area contributed by atoms with Gasteiger partial charge in [-0.15, -0.1) is 0 Å². The van der Waals surface area contributed by atoms with E-state index in [1.54, 1.807) is 6.33 Å². The van der Waals surface area contributed by atoms with Crippen molar-refractivity contribution in [3.05, 3.63) is 12.2 Å². The van der Waals surface area contributed by atoms with Crippen LogP contribution in [0.2, 0.25) is 0 Å². The Balaban J connectivity index is 1.74. The lowest BCUT2D eigenvalue weighted by Crippen LogP contribution is -2.45. The number of rotatable bonds is 2. The smallest absolute Gasteiger partial charge is 0.138 e. The maximum absolute atomic E-state index is 4.24. The van der Waals surface area contributed by atoms with Crippen LogP contribution >= 0.6 is 0 Å². The number of aromatic nitrogens is 3. The van der Waals surface area contributed by atoms with E-state index in [2.05, 4.69) is 33.9 Å². The summed E-state index contributed by atoms with van der Waals surface area (Å²) in [6.07, 6.45) is 6.99. The summed E-state index contributed by atoms with van der Waals surface area (Å²) >= 11 is 0. The Kier molecular flexibility index (Phi) is 2.28. The number of hydrogen-bond acceptors (Lipinski definition) is 3. The van der Waals surface area contributed by atoms with E-state index in [9.17, 15) is 0 Å². The van der Waals surface area contributed by atoms with Crippen LogP contribution in [0.5, 0.6) is 0 Å². The standard InChI is InChI=1S/C12H20N4/c1-12(2)5-9-3-4-10(6-12)16(9)7-11-13-8-14-15-11/h8-10H,3-7H2,1-2H3,(H,13,14,15). The average Bonchev–Trinajstić information content (AvgIpc) is 2.77. The van der Waals surface area contributed by atoms with E-state index in [4.69, 9.17) is 0 Å². The number of fused-ring (bicyclic) bond motifs is 2. The quantitative estimate of drug-likeness (QED) is 0.828. The zero-order valence-corrected chi connectivity index (χ0v) is 10.1. The van der Waals surface area contributed by atoms with Gasteiger partial charge < -0.3 is 0 Å².